The maximum absolute atomic E-state index is 12.0. The summed E-state index contributed by atoms with van der Waals surface area (Å²) in [5.41, 5.74) is 6.34. The minimum atomic E-state index is -0.393. The van der Waals surface area contributed by atoms with Gasteiger partial charge in [-0.15, -0.1) is 0 Å². The third-order valence-electron chi connectivity index (χ3n) is 4.60. The van der Waals surface area contributed by atoms with E-state index in [-0.39, 0.29) is 5.91 Å². The molecule has 104 valence electrons. The summed E-state index contributed by atoms with van der Waals surface area (Å²) in [6, 6.07) is 10.2. The Morgan fingerprint density at radius 2 is 1.90 bits per heavy atom. The van der Waals surface area contributed by atoms with Gasteiger partial charge in [-0.1, -0.05) is 43.5 Å². The molecule has 1 aromatic carbocycles. The van der Waals surface area contributed by atoms with Gasteiger partial charge >= 0.3 is 0 Å². The van der Waals surface area contributed by atoms with E-state index < -0.39 is 5.41 Å². The van der Waals surface area contributed by atoms with Crippen molar-refractivity contribution in [3.05, 3.63) is 42.2 Å². The number of fused-ring (bicyclic) bond motifs is 1. The van der Waals surface area contributed by atoms with Gasteiger partial charge in [0.2, 0.25) is 5.91 Å². The fourth-order valence-corrected chi connectivity index (χ4v) is 3.38. The third-order valence-corrected chi connectivity index (χ3v) is 4.60. The topological polar surface area (TPSA) is 56.0 Å². The summed E-state index contributed by atoms with van der Waals surface area (Å²) in [5.74, 6) is -0.160. The first kappa shape index (κ1) is 13.1. The number of amides is 1. The zero-order valence-corrected chi connectivity index (χ0v) is 11.6. The Bertz CT molecular complexity index is 624. The molecule has 1 aliphatic rings. The average molecular weight is 268 g/mol. The predicted octanol–water partition coefficient (Wildman–Crippen LogP) is 3.21. The van der Waals surface area contributed by atoms with Gasteiger partial charge < -0.3 is 5.73 Å². The summed E-state index contributed by atoms with van der Waals surface area (Å²) in [6.07, 6.45) is 7.68. The van der Waals surface area contributed by atoms with Crippen molar-refractivity contribution in [3.8, 4) is 0 Å². The highest BCUT2D eigenvalue weighted by atomic mass is 16.1. The van der Waals surface area contributed by atoms with E-state index in [4.69, 9.17) is 5.73 Å². The van der Waals surface area contributed by atoms with Gasteiger partial charge in [-0.2, -0.15) is 0 Å². The van der Waals surface area contributed by atoms with Gasteiger partial charge in [0, 0.05) is 23.7 Å². The van der Waals surface area contributed by atoms with Gasteiger partial charge in [0.05, 0.1) is 5.41 Å². The molecular formula is C17H20N2O. The Labute approximate surface area is 119 Å². The van der Waals surface area contributed by atoms with Crippen LogP contribution in [0.3, 0.4) is 0 Å². The second kappa shape index (κ2) is 5.23. The lowest BCUT2D eigenvalue weighted by atomic mass is 9.70. The molecule has 1 aromatic heterocycles. The number of nitrogens with zero attached hydrogens (tertiary/aromatic N) is 1. The lowest BCUT2D eigenvalue weighted by Gasteiger charge is -2.34. The molecule has 1 aliphatic carbocycles. The lowest BCUT2D eigenvalue weighted by Crippen LogP contribution is -2.40. The molecule has 1 amide bonds. The minimum Gasteiger partial charge on any atom is -0.369 e. The summed E-state index contributed by atoms with van der Waals surface area (Å²) < 4.78 is 0. The monoisotopic (exact) mass is 268 g/mol. The highest BCUT2D eigenvalue weighted by molar-refractivity contribution is 5.86. The third kappa shape index (κ3) is 2.28. The van der Waals surface area contributed by atoms with E-state index in [2.05, 4.69) is 17.1 Å². The molecule has 1 fully saturated rings. The number of nitrogens with two attached hydrogens (primary N) is 1. The molecule has 0 saturated heterocycles. The number of benzene rings is 1. The van der Waals surface area contributed by atoms with Crippen LogP contribution in [-0.4, -0.2) is 10.9 Å². The van der Waals surface area contributed by atoms with E-state index >= 15 is 0 Å². The molecule has 0 bridgehead atoms. The number of pyridine rings is 1. The normalized spacial score (nSPS) is 18.0. The smallest absolute Gasteiger partial charge is 0.224 e. The molecule has 3 heteroatoms. The maximum atomic E-state index is 12.0. The van der Waals surface area contributed by atoms with Gasteiger partial charge in [-0.25, -0.2) is 0 Å². The van der Waals surface area contributed by atoms with E-state index in [0.29, 0.717) is 6.42 Å². The van der Waals surface area contributed by atoms with Crippen LogP contribution in [0, 0.1) is 5.41 Å². The largest absolute Gasteiger partial charge is 0.369 e. The Kier molecular flexibility index (Phi) is 3.43. The number of hydrogen-bond donors (Lipinski definition) is 1. The second-order valence-corrected chi connectivity index (χ2v) is 5.86. The van der Waals surface area contributed by atoms with Crippen LogP contribution in [0.15, 0.2) is 36.5 Å². The van der Waals surface area contributed by atoms with E-state index in [0.717, 1.165) is 36.8 Å². The van der Waals surface area contributed by atoms with Crippen molar-refractivity contribution in [2.24, 2.45) is 11.1 Å². The summed E-state index contributed by atoms with van der Waals surface area (Å²) in [5, 5.41) is 2.31. The van der Waals surface area contributed by atoms with Crippen molar-refractivity contribution in [1.29, 1.82) is 0 Å². The first-order chi connectivity index (χ1) is 9.71. The summed E-state index contributed by atoms with van der Waals surface area (Å²) in [6.45, 7) is 0. The molecule has 20 heavy (non-hydrogen) atoms. The summed E-state index contributed by atoms with van der Waals surface area (Å²) in [4.78, 5) is 16.5. The maximum Gasteiger partial charge on any atom is 0.224 e. The van der Waals surface area contributed by atoms with E-state index in [1.807, 2.05) is 24.4 Å². The van der Waals surface area contributed by atoms with Crippen LogP contribution in [0.1, 0.15) is 37.8 Å². The molecule has 2 N–H and O–H groups in total. The van der Waals surface area contributed by atoms with Crippen LogP contribution in [0.4, 0.5) is 0 Å². The molecule has 3 rings (SSSR count). The van der Waals surface area contributed by atoms with Gasteiger partial charge in [-0.05, 0) is 24.3 Å². The van der Waals surface area contributed by atoms with E-state index in [1.54, 1.807) is 0 Å². The standard InChI is InChI=1S/C17H20N2O/c18-16(20)17(9-4-1-5-10-17)12-15-14-7-3-2-6-13(14)8-11-19-15/h2-3,6-8,11H,1,4-5,9-10,12H2,(H2,18,20). The van der Waals surface area contributed by atoms with E-state index in [1.165, 1.54) is 11.8 Å². The molecule has 1 saturated carbocycles. The van der Waals surface area contributed by atoms with Crippen LogP contribution >= 0.6 is 0 Å². The van der Waals surface area contributed by atoms with Crippen LogP contribution in [0.25, 0.3) is 10.8 Å². The number of primary amides is 1. The number of rotatable bonds is 3. The van der Waals surface area contributed by atoms with Crippen molar-refractivity contribution in [3.63, 3.8) is 0 Å². The molecular weight excluding hydrogens is 248 g/mol. The van der Waals surface area contributed by atoms with Gasteiger partial charge in [0.1, 0.15) is 0 Å². The number of carbonyl (C=O) groups is 1. The first-order valence-corrected chi connectivity index (χ1v) is 7.34. The molecule has 2 aromatic rings. The highest BCUT2D eigenvalue weighted by Gasteiger charge is 2.38. The Balaban J connectivity index is 2.00. The number of aromatic nitrogens is 1. The summed E-state index contributed by atoms with van der Waals surface area (Å²) >= 11 is 0. The second-order valence-electron chi connectivity index (χ2n) is 5.86. The average Bonchev–Trinajstić information content (AvgIpc) is 2.48. The molecule has 0 atom stereocenters. The first-order valence-electron chi connectivity index (χ1n) is 7.34. The molecule has 1 heterocycles. The fourth-order valence-electron chi connectivity index (χ4n) is 3.38. The number of carbonyl (C=O) groups excluding carboxylic acids is 1. The molecule has 0 spiro atoms. The quantitative estimate of drug-likeness (QED) is 0.929. The zero-order valence-electron chi connectivity index (χ0n) is 11.6. The molecule has 3 nitrogen and oxygen atoms in total. The van der Waals surface area contributed by atoms with Gasteiger partial charge in [0.25, 0.3) is 0 Å². The fraction of sp³-hybridized carbons (Fsp3) is 0.412. The highest BCUT2D eigenvalue weighted by Crippen LogP contribution is 2.39. The van der Waals surface area contributed by atoms with Crippen LogP contribution in [0.2, 0.25) is 0 Å². The zero-order chi connectivity index (χ0) is 14.0. The Morgan fingerprint density at radius 3 is 2.65 bits per heavy atom. The minimum absolute atomic E-state index is 0.160. The Hall–Kier alpha value is -1.90. The van der Waals surface area contributed by atoms with Crippen LogP contribution in [-0.2, 0) is 11.2 Å². The number of hydrogen-bond acceptors (Lipinski definition) is 2. The van der Waals surface area contributed by atoms with Crippen molar-refractivity contribution >= 4 is 16.7 Å². The SMILES string of the molecule is NC(=O)C1(Cc2nccc3ccccc23)CCCCC1. The Morgan fingerprint density at radius 1 is 1.15 bits per heavy atom. The van der Waals surface area contributed by atoms with Crippen molar-refractivity contribution in [2.45, 2.75) is 38.5 Å². The summed E-state index contributed by atoms with van der Waals surface area (Å²) in [7, 11) is 0. The lowest BCUT2D eigenvalue weighted by molar-refractivity contribution is -0.129. The molecule has 0 radical (unpaired) electrons. The van der Waals surface area contributed by atoms with Crippen LogP contribution in [0.5, 0.6) is 0 Å². The van der Waals surface area contributed by atoms with Gasteiger partial charge in [-0.3, -0.25) is 9.78 Å². The van der Waals surface area contributed by atoms with E-state index in [9.17, 15) is 4.79 Å². The van der Waals surface area contributed by atoms with Crippen LogP contribution < -0.4 is 5.73 Å². The molecule has 0 unspecified atom stereocenters. The van der Waals surface area contributed by atoms with Crippen molar-refractivity contribution in [1.82, 2.24) is 4.98 Å². The predicted molar refractivity (Wildman–Crippen MR) is 80.2 cm³/mol. The molecule has 0 aliphatic heterocycles. The van der Waals surface area contributed by atoms with Crippen molar-refractivity contribution in [2.75, 3.05) is 0 Å². The van der Waals surface area contributed by atoms with Crippen molar-refractivity contribution < 1.29 is 4.79 Å². The van der Waals surface area contributed by atoms with Gasteiger partial charge in [0.15, 0.2) is 0 Å².